The molecular weight excluding hydrogens is 348 g/mol. The number of amides is 1. The summed E-state index contributed by atoms with van der Waals surface area (Å²) in [4.78, 5) is 27.3. The summed E-state index contributed by atoms with van der Waals surface area (Å²) in [6.45, 7) is 4.10. The van der Waals surface area contributed by atoms with E-state index in [4.69, 9.17) is 5.11 Å². The highest BCUT2D eigenvalue weighted by molar-refractivity contribution is 9.10. The molecule has 120 valence electrons. The minimum atomic E-state index is -0.798. The molecule has 0 unspecified atom stereocenters. The van der Waals surface area contributed by atoms with Crippen LogP contribution in [0.5, 0.6) is 0 Å². The smallest absolute Gasteiger partial charge is 0.317 e. The quantitative estimate of drug-likeness (QED) is 0.866. The van der Waals surface area contributed by atoms with Gasteiger partial charge in [0.15, 0.2) is 0 Å². The van der Waals surface area contributed by atoms with Gasteiger partial charge in [-0.2, -0.15) is 0 Å². The third kappa shape index (κ3) is 4.08. The van der Waals surface area contributed by atoms with Gasteiger partial charge in [0.25, 0.3) is 5.91 Å². The summed E-state index contributed by atoms with van der Waals surface area (Å²) in [7, 11) is 0. The Morgan fingerprint density at radius 3 is 2.50 bits per heavy atom. The number of carboxylic acid groups (broad SMARTS) is 1. The predicted octanol–water partition coefficient (Wildman–Crippen LogP) is 2.46. The largest absolute Gasteiger partial charge is 0.480 e. The van der Waals surface area contributed by atoms with E-state index >= 15 is 0 Å². The van der Waals surface area contributed by atoms with E-state index in [1.54, 1.807) is 0 Å². The van der Waals surface area contributed by atoms with Gasteiger partial charge in [-0.3, -0.25) is 14.5 Å². The maximum Gasteiger partial charge on any atom is 0.317 e. The molecular formula is C16H21BrN2O3. The Bertz CT molecular complexity index is 542. The van der Waals surface area contributed by atoms with Crippen LogP contribution in [0.25, 0.3) is 0 Å². The molecule has 0 radical (unpaired) electrons. The number of likely N-dealkylation sites (N-methyl/N-ethyl adjacent to an activating group) is 1. The van der Waals surface area contributed by atoms with E-state index in [0.29, 0.717) is 18.7 Å². The number of likely N-dealkylation sites (tertiary alicyclic amines) is 1. The molecule has 0 atom stereocenters. The molecule has 1 aliphatic rings. The van der Waals surface area contributed by atoms with Crippen molar-refractivity contribution in [3.8, 4) is 0 Å². The minimum Gasteiger partial charge on any atom is -0.480 e. The molecule has 0 saturated carbocycles. The van der Waals surface area contributed by atoms with Gasteiger partial charge >= 0.3 is 5.97 Å². The van der Waals surface area contributed by atoms with E-state index in [1.807, 2.05) is 41.0 Å². The van der Waals surface area contributed by atoms with Crippen molar-refractivity contribution in [2.45, 2.75) is 25.8 Å². The second kappa shape index (κ2) is 7.74. The zero-order chi connectivity index (χ0) is 16.1. The molecule has 1 fully saturated rings. The molecule has 0 bridgehead atoms. The van der Waals surface area contributed by atoms with Gasteiger partial charge in [-0.05, 0) is 47.4 Å². The van der Waals surface area contributed by atoms with Crippen LogP contribution >= 0.6 is 15.9 Å². The molecule has 1 N–H and O–H groups in total. The van der Waals surface area contributed by atoms with E-state index < -0.39 is 5.97 Å². The number of benzene rings is 1. The topological polar surface area (TPSA) is 60.9 Å². The molecule has 0 aliphatic carbocycles. The SMILES string of the molecule is CCN(CC(=O)O)C1CCN(C(=O)c2ccccc2Br)CC1. The van der Waals surface area contributed by atoms with E-state index in [1.165, 1.54) is 0 Å². The minimum absolute atomic E-state index is 0.0345. The van der Waals surface area contributed by atoms with Crippen molar-refractivity contribution in [2.24, 2.45) is 0 Å². The highest BCUT2D eigenvalue weighted by Gasteiger charge is 2.28. The normalized spacial score (nSPS) is 16.0. The number of carbonyl (C=O) groups is 2. The predicted molar refractivity (Wildman–Crippen MR) is 88.0 cm³/mol. The molecule has 1 aromatic rings. The van der Waals surface area contributed by atoms with Crippen molar-refractivity contribution in [3.63, 3.8) is 0 Å². The summed E-state index contributed by atoms with van der Waals surface area (Å²) < 4.78 is 0.809. The summed E-state index contributed by atoms with van der Waals surface area (Å²) in [5, 5.41) is 8.95. The first-order chi connectivity index (χ1) is 10.5. The number of carboxylic acids is 1. The maximum atomic E-state index is 12.5. The van der Waals surface area contributed by atoms with Gasteiger partial charge in [-0.15, -0.1) is 0 Å². The monoisotopic (exact) mass is 368 g/mol. The molecule has 1 aromatic carbocycles. The van der Waals surface area contributed by atoms with E-state index in [0.717, 1.165) is 23.9 Å². The highest BCUT2D eigenvalue weighted by Crippen LogP contribution is 2.22. The molecule has 0 aromatic heterocycles. The number of carbonyl (C=O) groups excluding carboxylic acids is 1. The van der Waals surface area contributed by atoms with Crippen molar-refractivity contribution in [3.05, 3.63) is 34.3 Å². The average Bonchev–Trinajstić information content (AvgIpc) is 2.52. The highest BCUT2D eigenvalue weighted by atomic mass is 79.9. The van der Waals surface area contributed by atoms with Crippen LogP contribution in [-0.2, 0) is 4.79 Å². The lowest BCUT2D eigenvalue weighted by Gasteiger charge is -2.37. The third-order valence-corrected chi connectivity index (χ3v) is 4.81. The maximum absolute atomic E-state index is 12.5. The lowest BCUT2D eigenvalue weighted by atomic mass is 10.0. The van der Waals surface area contributed by atoms with Crippen LogP contribution in [0.2, 0.25) is 0 Å². The van der Waals surface area contributed by atoms with Crippen LogP contribution in [0, 0.1) is 0 Å². The zero-order valence-electron chi connectivity index (χ0n) is 12.7. The molecule has 1 aliphatic heterocycles. The van der Waals surface area contributed by atoms with Crippen LogP contribution in [-0.4, -0.2) is 59.0 Å². The number of nitrogens with zero attached hydrogens (tertiary/aromatic N) is 2. The molecule has 1 amide bonds. The Morgan fingerprint density at radius 1 is 1.32 bits per heavy atom. The van der Waals surface area contributed by atoms with Crippen LogP contribution in [0.15, 0.2) is 28.7 Å². The summed E-state index contributed by atoms with van der Waals surface area (Å²) in [6.07, 6.45) is 1.63. The van der Waals surface area contributed by atoms with Crippen molar-refractivity contribution in [2.75, 3.05) is 26.2 Å². The van der Waals surface area contributed by atoms with Gasteiger partial charge in [-0.25, -0.2) is 0 Å². The summed E-state index contributed by atoms with van der Waals surface area (Å²) in [6, 6.07) is 7.67. The van der Waals surface area contributed by atoms with Crippen LogP contribution < -0.4 is 0 Å². The van der Waals surface area contributed by atoms with Gasteiger partial charge < -0.3 is 10.0 Å². The molecule has 2 rings (SSSR count). The lowest BCUT2D eigenvalue weighted by molar-refractivity contribution is -0.139. The fourth-order valence-corrected chi connectivity index (χ4v) is 3.37. The Kier molecular flexibility index (Phi) is 5.97. The summed E-state index contributed by atoms with van der Waals surface area (Å²) >= 11 is 3.42. The number of rotatable bonds is 5. The molecule has 1 saturated heterocycles. The van der Waals surface area contributed by atoms with Crippen LogP contribution in [0.3, 0.4) is 0 Å². The zero-order valence-corrected chi connectivity index (χ0v) is 14.3. The van der Waals surface area contributed by atoms with Crippen LogP contribution in [0.1, 0.15) is 30.1 Å². The Labute approximate surface area is 139 Å². The van der Waals surface area contributed by atoms with Crippen molar-refractivity contribution >= 4 is 27.8 Å². The third-order valence-electron chi connectivity index (χ3n) is 4.12. The first-order valence-electron chi connectivity index (χ1n) is 7.52. The number of aliphatic carboxylic acids is 1. The molecule has 1 heterocycles. The van der Waals surface area contributed by atoms with Gasteiger partial charge in [0, 0.05) is 23.6 Å². The summed E-state index contributed by atoms with van der Waals surface area (Å²) in [5.41, 5.74) is 0.679. The fourth-order valence-electron chi connectivity index (χ4n) is 2.91. The first kappa shape index (κ1) is 17.0. The molecule has 22 heavy (non-hydrogen) atoms. The number of halogens is 1. The van der Waals surface area contributed by atoms with E-state index in [-0.39, 0.29) is 18.5 Å². The lowest BCUT2D eigenvalue weighted by Crippen LogP contribution is -2.48. The number of hydrogen-bond acceptors (Lipinski definition) is 3. The second-order valence-electron chi connectivity index (χ2n) is 5.46. The van der Waals surface area contributed by atoms with Gasteiger partial charge in [-0.1, -0.05) is 19.1 Å². The van der Waals surface area contributed by atoms with Crippen molar-refractivity contribution in [1.82, 2.24) is 9.80 Å². The summed E-state index contributed by atoms with van der Waals surface area (Å²) in [5.74, 6) is -0.763. The van der Waals surface area contributed by atoms with Crippen LogP contribution in [0.4, 0.5) is 0 Å². The Balaban J connectivity index is 1.96. The van der Waals surface area contributed by atoms with Gasteiger partial charge in [0.1, 0.15) is 0 Å². The van der Waals surface area contributed by atoms with E-state index in [2.05, 4.69) is 15.9 Å². The number of piperidine rings is 1. The molecule has 5 nitrogen and oxygen atoms in total. The van der Waals surface area contributed by atoms with Gasteiger partial charge in [0.05, 0.1) is 12.1 Å². The Morgan fingerprint density at radius 2 is 1.95 bits per heavy atom. The van der Waals surface area contributed by atoms with Crippen molar-refractivity contribution < 1.29 is 14.7 Å². The second-order valence-corrected chi connectivity index (χ2v) is 6.31. The number of hydrogen-bond donors (Lipinski definition) is 1. The van der Waals surface area contributed by atoms with E-state index in [9.17, 15) is 9.59 Å². The standard InChI is InChI=1S/C16H21BrN2O3/c1-2-18(11-15(20)21)12-7-9-19(10-8-12)16(22)13-5-3-4-6-14(13)17/h3-6,12H,2,7-11H2,1H3,(H,20,21). The molecule has 6 heteroatoms. The first-order valence-corrected chi connectivity index (χ1v) is 8.32. The Hall–Kier alpha value is -1.40. The fraction of sp³-hybridized carbons (Fsp3) is 0.500. The van der Waals surface area contributed by atoms with Gasteiger partial charge in [0.2, 0.25) is 0 Å². The average molecular weight is 369 g/mol. The molecule has 0 spiro atoms. The van der Waals surface area contributed by atoms with Crippen molar-refractivity contribution in [1.29, 1.82) is 0 Å².